The standard InChI is InChI=1S/C23H28Si/c1-17-18(2)20(4)23(19(17)3)24(15-21-11-7-5-8-12-21)16-22-13-9-6-10-14-22/h5-14,19,24H,15-16H2,1-4H3. The largest absolute Gasteiger partial charge is 0.0754 e. The number of hydrogen-bond acceptors (Lipinski definition) is 0. The molecule has 124 valence electrons. The Morgan fingerprint density at radius 1 is 0.708 bits per heavy atom. The van der Waals surface area contributed by atoms with E-state index in [9.17, 15) is 0 Å². The van der Waals surface area contributed by atoms with Gasteiger partial charge in [-0.1, -0.05) is 95.1 Å². The number of benzene rings is 2. The third-order valence-corrected chi connectivity index (χ3v) is 9.53. The summed E-state index contributed by atoms with van der Waals surface area (Å²) in [7, 11) is -1.09. The van der Waals surface area contributed by atoms with E-state index in [-0.39, 0.29) is 0 Å². The Hall–Kier alpha value is -1.86. The minimum absolute atomic E-state index is 0.633. The highest BCUT2D eigenvalue weighted by Gasteiger charge is 2.30. The van der Waals surface area contributed by atoms with Crippen LogP contribution in [0, 0.1) is 5.92 Å². The summed E-state index contributed by atoms with van der Waals surface area (Å²) in [5, 5.41) is 1.79. The molecule has 0 N–H and O–H groups in total. The first-order chi connectivity index (χ1) is 11.6. The fourth-order valence-corrected chi connectivity index (χ4v) is 8.20. The van der Waals surface area contributed by atoms with Crippen molar-refractivity contribution in [2.45, 2.75) is 39.8 Å². The Balaban J connectivity index is 1.94. The van der Waals surface area contributed by atoms with Crippen LogP contribution in [0.15, 0.2) is 82.6 Å². The maximum absolute atomic E-state index is 2.42. The number of hydrogen-bond donors (Lipinski definition) is 0. The topological polar surface area (TPSA) is 0 Å². The van der Waals surface area contributed by atoms with Crippen LogP contribution in [0.1, 0.15) is 38.8 Å². The summed E-state index contributed by atoms with van der Waals surface area (Å²) >= 11 is 0. The monoisotopic (exact) mass is 332 g/mol. The average molecular weight is 333 g/mol. The Morgan fingerprint density at radius 3 is 1.54 bits per heavy atom. The van der Waals surface area contributed by atoms with E-state index in [1.807, 2.05) is 0 Å². The van der Waals surface area contributed by atoms with Gasteiger partial charge >= 0.3 is 0 Å². The maximum Gasteiger partial charge on any atom is 0.0754 e. The zero-order valence-corrected chi connectivity index (χ0v) is 16.5. The zero-order valence-electron chi connectivity index (χ0n) is 15.3. The second-order valence-electron chi connectivity index (χ2n) is 7.19. The average Bonchev–Trinajstić information content (AvgIpc) is 2.80. The van der Waals surface area contributed by atoms with Gasteiger partial charge < -0.3 is 0 Å². The van der Waals surface area contributed by atoms with Gasteiger partial charge in [-0.15, -0.1) is 0 Å². The Bertz CT molecular complexity index is 712. The fraction of sp³-hybridized carbons (Fsp3) is 0.304. The first-order valence-electron chi connectivity index (χ1n) is 9.04. The molecule has 1 atom stereocenters. The Kier molecular flexibility index (Phi) is 5.20. The Morgan fingerprint density at radius 2 is 1.17 bits per heavy atom. The summed E-state index contributed by atoms with van der Waals surface area (Å²) in [6.07, 6.45) is 0. The summed E-state index contributed by atoms with van der Waals surface area (Å²) in [6.45, 7) is 9.41. The van der Waals surface area contributed by atoms with Crippen LogP contribution in [0.2, 0.25) is 0 Å². The molecule has 0 spiro atoms. The molecular weight excluding hydrogens is 304 g/mol. The van der Waals surface area contributed by atoms with Crippen LogP contribution in [-0.2, 0) is 12.1 Å². The van der Waals surface area contributed by atoms with Gasteiger partial charge in [-0.3, -0.25) is 0 Å². The Labute approximate surface area is 148 Å². The van der Waals surface area contributed by atoms with Gasteiger partial charge in [0, 0.05) is 0 Å². The first kappa shape index (κ1) is 17.0. The first-order valence-corrected chi connectivity index (χ1v) is 11.2. The van der Waals surface area contributed by atoms with Crippen LogP contribution in [-0.4, -0.2) is 8.80 Å². The third-order valence-electron chi connectivity index (χ3n) is 5.79. The van der Waals surface area contributed by atoms with Crippen molar-refractivity contribution < 1.29 is 0 Å². The van der Waals surface area contributed by atoms with Crippen molar-refractivity contribution in [3.63, 3.8) is 0 Å². The van der Waals surface area contributed by atoms with Crippen molar-refractivity contribution in [1.82, 2.24) is 0 Å². The van der Waals surface area contributed by atoms with E-state index in [0.717, 1.165) is 0 Å². The van der Waals surface area contributed by atoms with E-state index < -0.39 is 8.80 Å². The lowest BCUT2D eigenvalue weighted by molar-refractivity contribution is 0.847. The van der Waals surface area contributed by atoms with E-state index in [2.05, 4.69) is 88.4 Å². The molecule has 0 saturated carbocycles. The predicted octanol–water partition coefficient (Wildman–Crippen LogP) is 5.62. The molecule has 1 aliphatic carbocycles. The smallest absolute Gasteiger partial charge is 0.0736 e. The summed E-state index contributed by atoms with van der Waals surface area (Å²) in [5.41, 5.74) is 7.71. The van der Waals surface area contributed by atoms with Gasteiger partial charge in [0.1, 0.15) is 0 Å². The van der Waals surface area contributed by atoms with E-state index in [1.165, 1.54) is 28.8 Å². The molecule has 0 radical (unpaired) electrons. The van der Waals surface area contributed by atoms with E-state index in [1.54, 1.807) is 16.3 Å². The molecule has 0 heterocycles. The zero-order chi connectivity index (χ0) is 17.1. The molecule has 0 nitrogen and oxygen atoms in total. The number of allylic oxidation sites excluding steroid dienone is 4. The molecule has 0 aliphatic heterocycles. The second-order valence-corrected chi connectivity index (χ2v) is 10.0. The van der Waals surface area contributed by atoms with Crippen LogP contribution in [0.4, 0.5) is 0 Å². The van der Waals surface area contributed by atoms with Gasteiger partial charge in [-0.2, -0.15) is 0 Å². The van der Waals surface area contributed by atoms with Crippen LogP contribution < -0.4 is 0 Å². The molecule has 0 fully saturated rings. The van der Waals surface area contributed by atoms with Crippen molar-refractivity contribution in [2.24, 2.45) is 5.92 Å². The summed E-state index contributed by atoms with van der Waals surface area (Å²) < 4.78 is 0. The lowest BCUT2D eigenvalue weighted by Crippen LogP contribution is -2.28. The SMILES string of the molecule is CC1=C(C)C(C)C([SiH](Cc2ccccc2)Cc2ccccc2)=C1C. The molecule has 1 unspecified atom stereocenters. The summed E-state index contributed by atoms with van der Waals surface area (Å²) in [4.78, 5) is 0. The lowest BCUT2D eigenvalue weighted by atomic mass is 10.1. The highest BCUT2D eigenvalue weighted by atomic mass is 28.3. The highest BCUT2D eigenvalue weighted by Crippen LogP contribution is 2.39. The van der Waals surface area contributed by atoms with Crippen LogP contribution >= 0.6 is 0 Å². The summed E-state index contributed by atoms with van der Waals surface area (Å²) in [5.74, 6) is 0.633. The van der Waals surface area contributed by atoms with E-state index in [4.69, 9.17) is 0 Å². The van der Waals surface area contributed by atoms with Crippen LogP contribution in [0.3, 0.4) is 0 Å². The second kappa shape index (κ2) is 7.35. The van der Waals surface area contributed by atoms with Gasteiger partial charge in [-0.25, -0.2) is 0 Å². The van der Waals surface area contributed by atoms with E-state index >= 15 is 0 Å². The van der Waals surface area contributed by atoms with Crippen molar-refractivity contribution in [1.29, 1.82) is 0 Å². The number of rotatable bonds is 5. The molecule has 3 rings (SSSR count). The van der Waals surface area contributed by atoms with Crippen LogP contribution in [0.5, 0.6) is 0 Å². The lowest BCUT2D eigenvalue weighted by Gasteiger charge is -2.23. The molecule has 1 heteroatoms. The van der Waals surface area contributed by atoms with Crippen molar-refractivity contribution >= 4 is 8.80 Å². The molecule has 2 aromatic carbocycles. The molecule has 0 saturated heterocycles. The van der Waals surface area contributed by atoms with Crippen LogP contribution in [0.25, 0.3) is 0 Å². The molecule has 0 aromatic heterocycles. The normalized spacial score (nSPS) is 18.0. The minimum atomic E-state index is -1.09. The maximum atomic E-state index is 2.42. The molecular formula is C23H28Si. The van der Waals surface area contributed by atoms with Crippen molar-refractivity contribution in [3.8, 4) is 0 Å². The van der Waals surface area contributed by atoms with Crippen molar-refractivity contribution in [2.75, 3.05) is 0 Å². The van der Waals surface area contributed by atoms with Crippen molar-refractivity contribution in [3.05, 3.63) is 93.7 Å². The van der Waals surface area contributed by atoms with Gasteiger partial charge in [0.15, 0.2) is 0 Å². The highest BCUT2D eigenvalue weighted by molar-refractivity contribution is 6.66. The molecule has 2 aromatic rings. The molecule has 1 aliphatic rings. The van der Waals surface area contributed by atoms with E-state index in [0.29, 0.717) is 5.92 Å². The fourth-order valence-electron chi connectivity index (χ4n) is 4.14. The van der Waals surface area contributed by atoms with Gasteiger partial charge in [0.25, 0.3) is 0 Å². The predicted molar refractivity (Wildman–Crippen MR) is 108 cm³/mol. The molecule has 24 heavy (non-hydrogen) atoms. The summed E-state index contributed by atoms with van der Waals surface area (Å²) in [6, 6.07) is 24.7. The van der Waals surface area contributed by atoms with Gasteiger partial charge in [-0.05, 0) is 44.4 Å². The quantitative estimate of drug-likeness (QED) is 0.623. The van der Waals surface area contributed by atoms with Gasteiger partial charge in [0.2, 0.25) is 0 Å². The molecule has 0 bridgehead atoms. The molecule has 0 amide bonds. The van der Waals surface area contributed by atoms with Gasteiger partial charge in [0.05, 0.1) is 8.80 Å². The minimum Gasteiger partial charge on any atom is -0.0736 e. The third kappa shape index (κ3) is 3.46.